The molecule has 0 aliphatic heterocycles. The Labute approximate surface area is 115 Å². The zero-order chi connectivity index (χ0) is 13.7. The quantitative estimate of drug-likeness (QED) is 0.860. The maximum atomic E-state index is 4.52. The van der Waals surface area contributed by atoms with Crippen LogP contribution in [0.1, 0.15) is 19.5 Å². The first-order valence-corrected chi connectivity index (χ1v) is 7.06. The summed E-state index contributed by atoms with van der Waals surface area (Å²) in [6, 6.07) is 10.6. The molecule has 19 heavy (non-hydrogen) atoms. The van der Waals surface area contributed by atoms with Crippen LogP contribution in [0.25, 0.3) is 10.9 Å². The molecule has 0 bridgehead atoms. The number of hydrogen-bond donors (Lipinski definition) is 1. The van der Waals surface area contributed by atoms with Gasteiger partial charge in [-0.2, -0.15) is 0 Å². The molecule has 102 valence electrons. The van der Waals surface area contributed by atoms with Crippen LogP contribution in [0.5, 0.6) is 0 Å². The molecule has 2 rings (SSSR count). The number of likely N-dealkylation sites (N-methyl/N-ethyl adjacent to an activating group) is 1. The van der Waals surface area contributed by atoms with Crippen LogP contribution in [0.4, 0.5) is 5.69 Å². The van der Waals surface area contributed by atoms with Gasteiger partial charge in [0.25, 0.3) is 0 Å². The second-order valence-electron chi connectivity index (χ2n) is 4.81. The molecular formula is C16H23N3. The summed E-state index contributed by atoms with van der Waals surface area (Å²) in [7, 11) is 0. The van der Waals surface area contributed by atoms with Crippen molar-refractivity contribution >= 4 is 16.6 Å². The molecule has 0 spiro atoms. The van der Waals surface area contributed by atoms with Crippen molar-refractivity contribution in [3.63, 3.8) is 0 Å². The molecule has 3 heteroatoms. The fraction of sp³-hybridized carbons (Fsp3) is 0.438. The summed E-state index contributed by atoms with van der Waals surface area (Å²) in [5.74, 6) is 0. The molecule has 1 heterocycles. The lowest BCUT2D eigenvalue weighted by molar-refractivity contribution is 0.316. The van der Waals surface area contributed by atoms with Gasteiger partial charge in [-0.05, 0) is 44.3 Å². The summed E-state index contributed by atoms with van der Waals surface area (Å²) in [5, 5.41) is 4.67. The lowest BCUT2D eigenvalue weighted by atomic mass is 10.2. The Balaban J connectivity index is 1.99. The highest BCUT2D eigenvalue weighted by molar-refractivity contribution is 5.82. The summed E-state index contributed by atoms with van der Waals surface area (Å²) in [5.41, 5.74) is 3.30. The van der Waals surface area contributed by atoms with Gasteiger partial charge >= 0.3 is 0 Å². The number of aryl methyl sites for hydroxylation is 1. The number of rotatable bonds is 6. The molecule has 0 aliphatic rings. The molecule has 2 aromatic rings. The van der Waals surface area contributed by atoms with Crippen LogP contribution in [-0.2, 0) is 0 Å². The molecule has 0 aliphatic carbocycles. The number of pyridine rings is 1. The summed E-state index contributed by atoms with van der Waals surface area (Å²) in [6.07, 6.45) is 0. The van der Waals surface area contributed by atoms with Crippen molar-refractivity contribution in [3.05, 3.63) is 36.0 Å². The lowest BCUT2D eigenvalue weighted by Gasteiger charge is -2.18. The normalized spacial score (nSPS) is 11.2. The van der Waals surface area contributed by atoms with Gasteiger partial charge in [-0.3, -0.25) is 4.98 Å². The summed E-state index contributed by atoms with van der Waals surface area (Å²) >= 11 is 0. The Morgan fingerprint density at radius 2 is 1.89 bits per heavy atom. The van der Waals surface area contributed by atoms with Gasteiger partial charge in [-0.25, -0.2) is 0 Å². The number of nitrogens with zero attached hydrogens (tertiary/aromatic N) is 2. The van der Waals surface area contributed by atoms with Gasteiger partial charge in [-0.15, -0.1) is 0 Å². The van der Waals surface area contributed by atoms with E-state index in [-0.39, 0.29) is 0 Å². The number of anilines is 1. The lowest BCUT2D eigenvalue weighted by Crippen LogP contribution is -2.28. The van der Waals surface area contributed by atoms with E-state index < -0.39 is 0 Å². The van der Waals surface area contributed by atoms with Crippen LogP contribution in [0, 0.1) is 6.92 Å². The maximum absolute atomic E-state index is 4.52. The molecule has 1 aromatic heterocycles. The number of nitrogens with one attached hydrogen (secondary N) is 1. The number of benzene rings is 1. The van der Waals surface area contributed by atoms with E-state index in [9.17, 15) is 0 Å². The molecule has 0 saturated carbocycles. The third kappa shape index (κ3) is 3.67. The van der Waals surface area contributed by atoms with Crippen molar-refractivity contribution < 1.29 is 0 Å². The van der Waals surface area contributed by atoms with Crippen LogP contribution in [-0.4, -0.2) is 36.1 Å². The highest BCUT2D eigenvalue weighted by atomic mass is 15.1. The minimum absolute atomic E-state index is 0.979. The number of aromatic nitrogens is 1. The van der Waals surface area contributed by atoms with Crippen LogP contribution in [0.3, 0.4) is 0 Å². The van der Waals surface area contributed by atoms with Crippen molar-refractivity contribution in [1.29, 1.82) is 0 Å². The Morgan fingerprint density at radius 1 is 1.11 bits per heavy atom. The van der Waals surface area contributed by atoms with Crippen LogP contribution >= 0.6 is 0 Å². The standard InChI is InChI=1S/C16H23N3/c1-4-19(5-2)11-10-17-15-8-9-16-14(12-15)7-6-13(3)18-16/h6-9,12,17H,4-5,10-11H2,1-3H3. The van der Waals surface area contributed by atoms with Crippen molar-refractivity contribution in [2.45, 2.75) is 20.8 Å². The minimum Gasteiger partial charge on any atom is -0.384 e. The number of hydrogen-bond acceptors (Lipinski definition) is 3. The average Bonchev–Trinajstić information content (AvgIpc) is 2.43. The van der Waals surface area contributed by atoms with Crippen LogP contribution < -0.4 is 5.32 Å². The molecule has 1 N–H and O–H groups in total. The van der Waals surface area contributed by atoms with E-state index in [1.165, 1.54) is 11.1 Å². The molecular weight excluding hydrogens is 234 g/mol. The topological polar surface area (TPSA) is 28.2 Å². The third-order valence-electron chi connectivity index (χ3n) is 3.48. The Kier molecular flexibility index (Phi) is 4.74. The second kappa shape index (κ2) is 6.53. The maximum Gasteiger partial charge on any atom is 0.0706 e. The van der Waals surface area contributed by atoms with E-state index >= 15 is 0 Å². The van der Waals surface area contributed by atoms with Gasteiger partial charge in [0, 0.05) is 29.9 Å². The molecule has 0 saturated heterocycles. The fourth-order valence-electron chi connectivity index (χ4n) is 2.24. The first-order chi connectivity index (χ1) is 9.22. The molecule has 1 aromatic carbocycles. The van der Waals surface area contributed by atoms with Crippen molar-refractivity contribution in [3.8, 4) is 0 Å². The first kappa shape index (κ1) is 13.8. The highest BCUT2D eigenvalue weighted by Crippen LogP contribution is 2.17. The van der Waals surface area contributed by atoms with Gasteiger partial charge in [0.1, 0.15) is 0 Å². The summed E-state index contributed by atoms with van der Waals surface area (Å²) in [4.78, 5) is 6.93. The van der Waals surface area contributed by atoms with Gasteiger partial charge < -0.3 is 10.2 Å². The Hall–Kier alpha value is -1.61. The minimum atomic E-state index is 0.979. The van der Waals surface area contributed by atoms with Crippen molar-refractivity contribution in [1.82, 2.24) is 9.88 Å². The van der Waals surface area contributed by atoms with Gasteiger partial charge in [0.15, 0.2) is 0 Å². The van der Waals surface area contributed by atoms with Crippen LogP contribution in [0.15, 0.2) is 30.3 Å². The SMILES string of the molecule is CCN(CC)CCNc1ccc2nc(C)ccc2c1. The average molecular weight is 257 g/mol. The van der Waals surface area contributed by atoms with Gasteiger partial charge in [0.2, 0.25) is 0 Å². The summed E-state index contributed by atoms with van der Waals surface area (Å²) in [6.45, 7) is 10.7. The molecule has 0 amide bonds. The molecule has 0 radical (unpaired) electrons. The van der Waals surface area contributed by atoms with E-state index in [0.717, 1.165) is 37.4 Å². The molecule has 0 unspecified atom stereocenters. The Bertz CT molecular complexity index is 533. The monoisotopic (exact) mass is 257 g/mol. The fourth-order valence-corrected chi connectivity index (χ4v) is 2.24. The van der Waals surface area contributed by atoms with Crippen molar-refractivity contribution in [2.24, 2.45) is 0 Å². The van der Waals surface area contributed by atoms with E-state index in [0.29, 0.717) is 0 Å². The predicted octanol–water partition coefficient (Wildman–Crippen LogP) is 3.30. The van der Waals surface area contributed by atoms with E-state index in [1.807, 2.05) is 6.92 Å². The predicted molar refractivity (Wildman–Crippen MR) is 82.8 cm³/mol. The molecule has 0 fully saturated rings. The zero-order valence-corrected chi connectivity index (χ0v) is 12.1. The molecule has 0 atom stereocenters. The molecule has 3 nitrogen and oxygen atoms in total. The van der Waals surface area contributed by atoms with Crippen molar-refractivity contribution in [2.75, 3.05) is 31.5 Å². The van der Waals surface area contributed by atoms with Gasteiger partial charge in [0.05, 0.1) is 5.52 Å². The summed E-state index contributed by atoms with van der Waals surface area (Å²) < 4.78 is 0. The highest BCUT2D eigenvalue weighted by Gasteiger charge is 2.00. The first-order valence-electron chi connectivity index (χ1n) is 7.06. The zero-order valence-electron chi connectivity index (χ0n) is 12.1. The largest absolute Gasteiger partial charge is 0.384 e. The second-order valence-corrected chi connectivity index (χ2v) is 4.81. The Morgan fingerprint density at radius 3 is 2.63 bits per heavy atom. The van der Waals surface area contributed by atoms with Gasteiger partial charge in [-0.1, -0.05) is 19.9 Å². The van der Waals surface area contributed by atoms with E-state index in [1.54, 1.807) is 0 Å². The number of fused-ring (bicyclic) bond motifs is 1. The third-order valence-corrected chi connectivity index (χ3v) is 3.48. The van der Waals surface area contributed by atoms with Crippen LogP contribution in [0.2, 0.25) is 0 Å². The van der Waals surface area contributed by atoms with E-state index in [4.69, 9.17) is 0 Å². The smallest absolute Gasteiger partial charge is 0.0706 e. The van der Waals surface area contributed by atoms with E-state index in [2.05, 4.69) is 59.4 Å².